The van der Waals surface area contributed by atoms with Gasteiger partial charge >= 0.3 is 0 Å². The molecule has 0 bridgehead atoms. The molecule has 2 aromatic rings. The summed E-state index contributed by atoms with van der Waals surface area (Å²) in [5, 5.41) is 0. The third-order valence-corrected chi connectivity index (χ3v) is 7.06. The van der Waals surface area contributed by atoms with Crippen molar-refractivity contribution in [1.82, 2.24) is 4.31 Å². The number of halogens is 2. The molecular formula is C20H22F2N2O4S. The zero-order valence-corrected chi connectivity index (χ0v) is 16.5. The summed E-state index contributed by atoms with van der Waals surface area (Å²) in [6.07, 6.45) is 0.703. The highest BCUT2D eigenvalue weighted by atomic mass is 32.2. The van der Waals surface area contributed by atoms with E-state index in [1.165, 1.54) is 0 Å². The van der Waals surface area contributed by atoms with Gasteiger partial charge in [0.1, 0.15) is 22.3 Å². The van der Waals surface area contributed by atoms with Crippen molar-refractivity contribution in [1.29, 1.82) is 0 Å². The summed E-state index contributed by atoms with van der Waals surface area (Å²) in [7, 11) is -4.12. The van der Waals surface area contributed by atoms with E-state index >= 15 is 0 Å². The molecule has 156 valence electrons. The standard InChI is InChI=1S/C20H22F2N2O4S/c21-15-6-7-18(17(22)12-15)29(26,27)24-10-8-20(9-11-24,13-19(23)25)14-28-16-4-2-1-3-5-16/h1-7,12H,8-11,13-14H2,(H2,23,25). The van der Waals surface area contributed by atoms with E-state index in [1.807, 2.05) is 18.2 Å². The van der Waals surface area contributed by atoms with Gasteiger partial charge in [-0.25, -0.2) is 17.2 Å². The van der Waals surface area contributed by atoms with Crippen LogP contribution in [0.1, 0.15) is 19.3 Å². The van der Waals surface area contributed by atoms with Gasteiger partial charge in [-0.1, -0.05) is 18.2 Å². The van der Waals surface area contributed by atoms with Gasteiger partial charge in [-0.3, -0.25) is 4.79 Å². The van der Waals surface area contributed by atoms with Gasteiger partial charge in [0, 0.05) is 31.0 Å². The third kappa shape index (κ3) is 4.91. The van der Waals surface area contributed by atoms with Crippen LogP contribution in [0, 0.1) is 17.0 Å². The molecule has 29 heavy (non-hydrogen) atoms. The van der Waals surface area contributed by atoms with Crippen LogP contribution in [-0.2, 0) is 14.8 Å². The lowest BCUT2D eigenvalue weighted by atomic mass is 9.76. The first-order chi connectivity index (χ1) is 13.7. The van der Waals surface area contributed by atoms with Crippen molar-refractivity contribution >= 4 is 15.9 Å². The fourth-order valence-corrected chi connectivity index (χ4v) is 5.01. The number of carbonyl (C=O) groups is 1. The highest BCUT2D eigenvalue weighted by molar-refractivity contribution is 7.89. The minimum Gasteiger partial charge on any atom is -0.493 e. The number of hydrogen-bond acceptors (Lipinski definition) is 4. The first-order valence-corrected chi connectivity index (χ1v) is 10.6. The van der Waals surface area contributed by atoms with Crippen molar-refractivity contribution in [2.45, 2.75) is 24.2 Å². The van der Waals surface area contributed by atoms with Crippen molar-refractivity contribution in [3.8, 4) is 5.75 Å². The number of nitrogens with two attached hydrogens (primary N) is 1. The molecule has 2 N–H and O–H groups in total. The van der Waals surface area contributed by atoms with Gasteiger partial charge in [-0.15, -0.1) is 0 Å². The molecule has 0 aliphatic carbocycles. The molecule has 0 unspecified atom stereocenters. The maximum Gasteiger partial charge on any atom is 0.245 e. The van der Waals surface area contributed by atoms with E-state index in [0.29, 0.717) is 24.7 Å². The van der Waals surface area contributed by atoms with Crippen molar-refractivity contribution in [2.24, 2.45) is 11.1 Å². The summed E-state index contributed by atoms with van der Waals surface area (Å²) in [4.78, 5) is 11.0. The number of carbonyl (C=O) groups excluding carboxylic acids is 1. The van der Waals surface area contributed by atoms with Crippen LogP contribution in [0.2, 0.25) is 0 Å². The van der Waals surface area contributed by atoms with Crippen LogP contribution in [0.5, 0.6) is 5.75 Å². The molecule has 1 amide bonds. The number of para-hydroxylation sites is 1. The Balaban J connectivity index is 1.74. The highest BCUT2D eigenvalue weighted by Gasteiger charge is 2.41. The van der Waals surface area contributed by atoms with E-state index in [1.54, 1.807) is 12.1 Å². The molecule has 1 saturated heterocycles. The Morgan fingerprint density at radius 1 is 1.10 bits per heavy atom. The number of primary amides is 1. The predicted octanol–water partition coefficient (Wildman–Crippen LogP) is 2.69. The van der Waals surface area contributed by atoms with Crippen LogP contribution < -0.4 is 10.5 Å². The van der Waals surface area contributed by atoms with E-state index in [2.05, 4.69) is 0 Å². The first-order valence-electron chi connectivity index (χ1n) is 9.13. The van der Waals surface area contributed by atoms with E-state index in [4.69, 9.17) is 10.5 Å². The Morgan fingerprint density at radius 2 is 1.76 bits per heavy atom. The molecule has 6 nitrogen and oxygen atoms in total. The number of sulfonamides is 1. The molecule has 1 fully saturated rings. The van der Waals surface area contributed by atoms with Gasteiger partial charge in [0.2, 0.25) is 15.9 Å². The zero-order valence-electron chi connectivity index (χ0n) is 15.7. The molecule has 0 radical (unpaired) electrons. The van der Waals surface area contributed by atoms with Gasteiger partial charge in [0.05, 0.1) is 6.61 Å². The number of nitrogens with zero attached hydrogens (tertiary/aromatic N) is 1. The maximum atomic E-state index is 14.0. The Morgan fingerprint density at radius 3 is 2.34 bits per heavy atom. The van der Waals surface area contributed by atoms with E-state index in [9.17, 15) is 22.0 Å². The fraction of sp³-hybridized carbons (Fsp3) is 0.350. The normalized spacial score (nSPS) is 17.0. The molecule has 9 heteroatoms. The molecule has 1 aliphatic heterocycles. The van der Waals surface area contributed by atoms with Crippen LogP contribution in [0.25, 0.3) is 0 Å². The number of piperidine rings is 1. The molecule has 1 aliphatic rings. The summed E-state index contributed by atoms with van der Waals surface area (Å²) >= 11 is 0. The maximum absolute atomic E-state index is 14.0. The van der Waals surface area contributed by atoms with Gasteiger partial charge < -0.3 is 10.5 Å². The summed E-state index contributed by atoms with van der Waals surface area (Å²) in [5.41, 5.74) is 4.80. The molecule has 2 aromatic carbocycles. The number of rotatable bonds is 7. The Kier molecular flexibility index (Phi) is 6.18. The summed E-state index contributed by atoms with van der Waals surface area (Å²) < 4.78 is 59.6. The largest absolute Gasteiger partial charge is 0.493 e. The average Bonchev–Trinajstić information content (AvgIpc) is 2.67. The van der Waals surface area contributed by atoms with Gasteiger partial charge in [-0.2, -0.15) is 4.31 Å². The minimum absolute atomic E-state index is 0.0542. The lowest BCUT2D eigenvalue weighted by molar-refractivity contribution is -0.121. The molecule has 0 aromatic heterocycles. The number of amides is 1. The topological polar surface area (TPSA) is 89.7 Å². The second-order valence-electron chi connectivity index (χ2n) is 7.22. The van der Waals surface area contributed by atoms with E-state index in [-0.39, 0.29) is 26.1 Å². The zero-order chi connectivity index (χ0) is 21.1. The highest BCUT2D eigenvalue weighted by Crippen LogP contribution is 2.37. The lowest BCUT2D eigenvalue weighted by Gasteiger charge is -2.40. The lowest BCUT2D eigenvalue weighted by Crippen LogP contribution is -2.47. The third-order valence-electron chi connectivity index (χ3n) is 5.13. The van der Waals surface area contributed by atoms with Crippen molar-refractivity contribution in [2.75, 3.05) is 19.7 Å². The van der Waals surface area contributed by atoms with Crippen LogP contribution in [0.3, 0.4) is 0 Å². The summed E-state index contributed by atoms with van der Waals surface area (Å²) in [6.45, 7) is 0.355. The van der Waals surface area contributed by atoms with E-state index < -0.39 is 37.9 Å². The van der Waals surface area contributed by atoms with Gasteiger partial charge in [0.25, 0.3) is 0 Å². The second-order valence-corrected chi connectivity index (χ2v) is 9.13. The molecule has 0 saturated carbocycles. The smallest absolute Gasteiger partial charge is 0.245 e. The van der Waals surface area contributed by atoms with Crippen LogP contribution >= 0.6 is 0 Å². The summed E-state index contributed by atoms with van der Waals surface area (Å²) in [6, 6.07) is 11.4. The van der Waals surface area contributed by atoms with Crippen LogP contribution in [0.4, 0.5) is 8.78 Å². The Labute approximate surface area is 168 Å². The number of hydrogen-bond donors (Lipinski definition) is 1. The molecule has 0 atom stereocenters. The monoisotopic (exact) mass is 424 g/mol. The van der Waals surface area contributed by atoms with Gasteiger partial charge in [0.15, 0.2) is 0 Å². The quantitative estimate of drug-likeness (QED) is 0.740. The molecule has 3 rings (SSSR count). The Hall–Kier alpha value is -2.52. The van der Waals surface area contributed by atoms with Crippen molar-refractivity contribution < 1.29 is 26.7 Å². The second kappa shape index (κ2) is 8.46. The molecular weight excluding hydrogens is 402 g/mol. The fourth-order valence-electron chi connectivity index (χ4n) is 3.52. The van der Waals surface area contributed by atoms with Crippen LogP contribution in [0.15, 0.2) is 53.4 Å². The first kappa shape index (κ1) is 21.2. The molecule has 1 heterocycles. The van der Waals surface area contributed by atoms with Gasteiger partial charge in [-0.05, 0) is 37.1 Å². The Bertz CT molecular complexity index is 975. The number of benzene rings is 2. The summed E-state index contributed by atoms with van der Waals surface area (Å²) in [5.74, 6) is -1.84. The predicted molar refractivity (Wildman–Crippen MR) is 103 cm³/mol. The molecule has 0 spiro atoms. The SMILES string of the molecule is NC(=O)CC1(COc2ccccc2)CCN(S(=O)(=O)c2ccc(F)cc2F)CC1. The van der Waals surface area contributed by atoms with Crippen molar-refractivity contribution in [3.05, 3.63) is 60.2 Å². The number of ether oxygens (including phenoxy) is 1. The van der Waals surface area contributed by atoms with Crippen molar-refractivity contribution in [3.63, 3.8) is 0 Å². The van der Waals surface area contributed by atoms with Crippen LogP contribution in [-0.4, -0.2) is 38.3 Å². The minimum atomic E-state index is -4.12. The van der Waals surface area contributed by atoms with E-state index in [0.717, 1.165) is 16.4 Å². The average molecular weight is 424 g/mol.